The molecular formula is C23H32F3N7OS. The van der Waals surface area contributed by atoms with Crippen LogP contribution in [0, 0.1) is 0 Å². The zero-order valence-electron chi connectivity index (χ0n) is 20.2. The van der Waals surface area contributed by atoms with E-state index < -0.39 is 24.2 Å². The highest BCUT2D eigenvalue weighted by molar-refractivity contribution is 7.80. The summed E-state index contributed by atoms with van der Waals surface area (Å²) in [4.78, 5) is 14.6. The Labute approximate surface area is 208 Å². The minimum atomic E-state index is -4.52. The molecule has 35 heavy (non-hydrogen) atoms. The quantitative estimate of drug-likeness (QED) is 0.256. The van der Waals surface area contributed by atoms with Crippen molar-refractivity contribution >= 4 is 29.1 Å². The van der Waals surface area contributed by atoms with Gasteiger partial charge in [0.25, 0.3) is 5.91 Å². The number of thiocarbonyl (C=S) groups is 1. The molecule has 4 N–H and O–H groups in total. The number of aromatic nitrogens is 2. The second kappa shape index (κ2) is 11.3. The molecule has 0 radical (unpaired) electrons. The predicted molar refractivity (Wildman–Crippen MR) is 133 cm³/mol. The van der Waals surface area contributed by atoms with Crippen molar-refractivity contribution in [2.75, 3.05) is 32.5 Å². The topological polar surface area (TPSA) is 86.2 Å². The van der Waals surface area contributed by atoms with Gasteiger partial charge in [-0.15, -0.1) is 0 Å². The molecule has 2 atom stereocenters. The molecule has 2 heterocycles. The van der Waals surface area contributed by atoms with Crippen LogP contribution in [0.4, 0.5) is 19.0 Å². The molecule has 0 saturated heterocycles. The summed E-state index contributed by atoms with van der Waals surface area (Å²) in [6, 6.07) is 6.43. The number of nitrogens with zero attached hydrogens (tertiary/aromatic N) is 3. The molecule has 1 aromatic carbocycles. The summed E-state index contributed by atoms with van der Waals surface area (Å²) in [7, 11) is 3.92. The highest BCUT2D eigenvalue weighted by Gasteiger charge is 2.46. The number of anilines is 1. The molecule has 1 aliphatic rings. The highest BCUT2D eigenvalue weighted by Crippen LogP contribution is 2.43. The van der Waals surface area contributed by atoms with E-state index in [0.717, 1.165) is 28.8 Å². The number of carbonyl (C=O) groups is 1. The van der Waals surface area contributed by atoms with Crippen molar-refractivity contribution in [3.63, 3.8) is 0 Å². The minimum absolute atomic E-state index is 0.131. The largest absolute Gasteiger partial charge is 0.410 e. The number of amides is 1. The van der Waals surface area contributed by atoms with Crippen LogP contribution in [-0.4, -0.2) is 59.1 Å². The van der Waals surface area contributed by atoms with Crippen LogP contribution in [0.1, 0.15) is 66.3 Å². The smallest absolute Gasteiger partial charge is 0.363 e. The van der Waals surface area contributed by atoms with Crippen LogP contribution in [0.25, 0.3) is 0 Å². The molecule has 0 fully saturated rings. The van der Waals surface area contributed by atoms with E-state index in [4.69, 9.17) is 12.2 Å². The Balaban J connectivity index is 1.69. The monoisotopic (exact) mass is 511 g/mol. The van der Waals surface area contributed by atoms with Gasteiger partial charge in [0, 0.05) is 19.0 Å². The van der Waals surface area contributed by atoms with E-state index >= 15 is 0 Å². The van der Waals surface area contributed by atoms with Crippen LogP contribution in [-0.2, 0) is 0 Å². The summed E-state index contributed by atoms with van der Waals surface area (Å²) in [6.45, 7) is 5.59. The van der Waals surface area contributed by atoms with Gasteiger partial charge in [0.05, 0.1) is 6.04 Å². The SMILES string of the molecule is CC(C)c1ccc([C@H]2C[C@H](C(F)(F)F)n3nc(C(=O)NNC(=S)NCCCN(C)C)cc3N2)cc1. The number of hydrazine groups is 1. The summed E-state index contributed by atoms with van der Waals surface area (Å²) in [6.07, 6.45) is -3.91. The summed E-state index contributed by atoms with van der Waals surface area (Å²) in [5.74, 6) is -0.237. The molecule has 1 amide bonds. The van der Waals surface area contributed by atoms with Gasteiger partial charge < -0.3 is 15.5 Å². The Bertz CT molecular complexity index is 1020. The van der Waals surface area contributed by atoms with Crippen LogP contribution in [0.2, 0.25) is 0 Å². The number of hydrogen-bond acceptors (Lipinski definition) is 5. The van der Waals surface area contributed by atoms with Crippen molar-refractivity contribution < 1.29 is 18.0 Å². The van der Waals surface area contributed by atoms with Gasteiger partial charge in [0.15, 0.2) is 16.8 Å². The van der Waals surface area contributed by atoms with Crippen molar-refractivity contribution in [3.8, 4) is 0 Å². The van der Waals surface area contributed by atoms with Crippen LogP contribution in [0.3, 0.4) is 0 Å². The average molecular weight is 512 g/mol. The van der Waals surface area contributed by atoms with E-state index in [-0.39, 0.29) is 23.0 Å². The standard InChI is InChI=1S/C23H32F3N7OS/c1-14(2)15-6-8-16(9-7-15)17-12-19(23(24,25)26)33-20(28-17)13-18(31-33)21(34)29-30-22(35)27-10-5-11-32(3)4/h6-9,13-14,17,19,28H,5,10-12H2,1-4H3,(H,29,34)(H2,27,30,35)/t17-,19-/m1/s1. The van der Waals surface area contributed by atoms with E-state index in [2.05, 4.69) is 40.4 Å². The number of hydrogen-bond donors (Lipinski definition) is 4. The molecule has 0 bridgehead atoms. The second-order valence-electron chi connectivity index (χ2n) is 9.16. The van der Waals surface area contributed by atoms with Crippen molar-refractivity contribution in [1.82, 2.24) is 30.8 Å². The highest BCUT2D eigenvalue weighted by atomic mass is 32.1. The first kappa shape index (κ1) is 26.7. The van der Waals surface area contributed by atoms with Crippen molar-refractivity contribution in [2.45, 2.75) is 50.9 Å². The normalized spacial score (nSPS) is 17.6. The van der Waals surface area contributed by atoms with Crippen molar-refractivity contribution in [3.05, 3.63) is 47.2 Å². The summed E-state index contributed by atoms with van der Waals surface area (Å²) < 4.78 is 42.6. The number of carbonyl (C=O) groups excluding carboxylic acids is 1. The Morgan fingerprint density at radius 2 is 1.94 bits per heavy atom. The lowest BCUT2D eigenvalue weighted by Crippen LogP contribution is -2.47. The Kier molecular flexibility index (Phi) is 8.60. The van der Waals surface area contributed by atoms with Gasteiger partial charge >= 0.3 is 6.18 Å². The lowest BCUT2D eigenvalue weighted by Gasteiger charge is -2.33. The molecule has 8 nitrogen and oxygen atoms in total. The summed E-state index contributed by atoms with van der Waals surface area (Å²) >= 11 is 5.11. The molecule has 192 valence electrons. The molecular weight excluding hydrogens is 479 g/mol. The van der Waals surface area contributed by atoms with E-state index in [1.807, 2.05) is 43.3 Å². The molecule has 0 spiro atoms. The van der Waals surface area contributed by atoms with Gasteiger partial charge in [-0.2, -0.15) is 18.3 Å². The fourth-order valence-electron chi connectivity index (χ4n) is 3.84. The molecule has 1 aromatic heterocycles. The molecule has 0 unspecified atom stereocenters. The van der Waals surface area contributed by atoms with E-state index in [1.54, 1.807) is 0 Å². The average Bonchev–Trinajstić information content (AvgIpc) is 3.23. The maximum atomic E-state index is 13.9. The Morgan fingerprint density at radius 3 is 2.54 bits per heavy atom. The third kappa shape index (κ3) is 7.07. The lowest BCUT2D eigenvalue weighted by molar-refractivity contribution is -0.173. The molecule has 0 aliphatic carbocycles. The van der Waals surface area contributed by atoms with Gasteiger partial charge in [-0.1, -0.05) is 38.1 Å². The van der Waals surface area contributed by atoms with Crippen LogP contribution < -0.4 is 21.5 Å². The molecule has 0 saturated carbocycles. The maximum absolute atomic E-state index is 13.9. The van der Waals surface area contributed by atoms with Gasteiger partial charge in [-0.05, 0) is 56.3 Å². The third-order valence-electron chi connectivity index (χ3n) is 5.79. The zero-order chi connectivity index (χ0) is 25.8. The van der Waals surface area contributed by atoms with Gasteiger partial charge in [0.2, 0.25) is 0 Å². The minimum Gasteiger partial charge on any atom is -0.363 e. The van der Waals surface area contributed by atoms with E-state index in [0.29, 0.717) is 12.5 Å². The number of halogens is 3. The first-order valence-corrected chi connectivity index (χ1v) is 11.9. The van der Waals surface area contributed by atoms with Gasteiger partial charge in [-0.3, -0.25) is 15.6 Å². The van der Waals surface area contributed by atoms with Gasteiger partial charge in [0.1, 0.15) is 5.82 Å². The first-order valence-electron chi connectivity index (χ1n) is 11.5. The number of benzene rings is 1. The van der Waals surface area contributed by atoms with E-state index in [9.17, 15) is 18.0 Å². The molecule has 12 heteroatoms. The van der Waals surface area contributed by atoms with Gasteiger partial charge in [-0.25, -0.2) is 4.68 Å². The van der Waals surface area contributed by atoms with Crippen molar-refractivity contribution in [1.29, 1.82) is 0 Å². The van der Waals surface area contributed by atoms with Crippen LogP contribution in [0.15, 0.2) is 30.3 Å². The second-order valence-corrected chi connectivity index (χ2v) is 9.57. The fourth-order valence-corrected chi connectivity index (χ4v) is 3.99. The van der Waals surface area contributed by atoms with Crippen LogP contribution >= 0.6 is 12.2 Å². The first-order chi connectivity index (χ1) is 16.5. The molecule has 2 aromatic rings. The molecule has 1 aliphatic heterocycles. The van der Waals surface area contributed by atoms with E-state index in [1.165, 1.54) is 6.07 Å². The maximum Gasteiger partial charge on any atom is 0.410 e. The summed E-state index contributed by atoms with van der Waals surface area (Å²) in [5, 5.41) is 10.2. The lowest BCUT2D eigenvalue weighted by atomic mass is 9.94. The Morgan fingerprint density at radius 1 is 1.26 bits per heavy atom. The number of alkyl halides is 3. The van der Waals surface area contributed by atoms with Crippen LogP contribution in [0.5, 0.6) is 0 Å². The molecule has 3 rings (SSSR count). The Hall–Kier alpha value is -2.86. The fraction of sp³-hybridized carbons (Fsp3) is 0.522. The number of nitrogens with one attached hydrogen (secondary N) is 4. The predicted octanol–water partition coefficient (Wildman–Crippen LogP) is 3.73. The summed E-state index contributed by atoms with van der Waals surface area (Å²) in [5.41, 5.74) is 6.64. The third-order valence-corrected chi connectivity index (χ3v) is 6.03. The number of fused-ring (bicyclic) bond motifs is 1. The van der Waals surface area contributed by atoms with Crippen molar-refractivity contribution in [2.24, 2.45) is 0 Å². The number of rotatable bonds is 7. The zero-order valence-corrected chi connectivity index (χ0v) is 21.1.